The van der Waals surface area contributed by atoms with E-state index in [9.17, 15) is 10.1 Å². The average molecular weight is 466 g/mol. The van der Waals surface area contributed by atoms with Gasteiger partial charge in [0.1, 0.15) is 11.6 Å². The van der Waals surface area contributed by atoms with Crippen LogP contribution >= 0.6 is 0 Å². The molecule has 7 heteroatoms. The number of benzene rings is 2. The Morgan fingerprint density at radius 2 is 1.65 bits per heavy atom. The first-order valence-corrected chi connectivity index (χ1v) is 12.0. The number of ether oxygens (including phenoxy) is 3. The van der Waals surface area contributed by atoms with Gasteiger partial charge >= 0.3 is 0 Å². The van der Waals surface area contributed by atoms with Crippen LogP contribution in [-0.2, 0) is 19.0 Å². The minimum absolute atomic E-state index is 0.118. The number of allylic oxidation sites excluding steroid dienone is 1. The zero-order chi connectivity index (χ0) is 24.2. The Balaban J connectivity index is 1.57. The van der Waals surface area contributed by atoms with Gasteiger partial charge in [0.05, 0.1) is 33.0 Å². The van der Waals surface area contributed by atoms with Crippen molar-refractivity contribution < 1.29 is 19.0 Å². The minimum Gasteiger partial charge on any atom is -0.382 e. The van der Waals surface area contributed by atoms with Crippen LogP contribution in [0.1, 0.15) is 31.7 Å². The molecule has 1 heterocycles. The van der Waals surface area contributed by atoms with Gasteiger partial charge in [-0.3, -0.25) is 4.79 Å². The summed E-state index contributed by atoms with van der Waals surface area (Å²) in [7, 11) is 1.62. The minimum atomic E-state index is -0.388. The van der Waals surface area contributed by atoms with E-state index in [4.69, 9.17) is 14.2 Å². The van der Waals surface area contributed by atoms with Crippen LogP contribution in [-0.4, -0.2) is 65.7 Å². The van der Waals surface area contributed by atoms with Crippen LogP contribution in [0.25, 0.3) is 16.3 Å². The van der Waals surface area contributed by atoms with E-state index in [1.807, 2.05) is 19.1 Å². The van der Waals surface area contributed by atoms with Crippen molar-refractivity contribution in [1.82, 2.24) is 5.32 Å². The van der Waals surface area contributed by atoms with Gasteiger partial charge in [-0.2, -0.15) is 5.26 Å². The average Bonchev–Trinajstić information content (AvgIpc) is 2.88. The number of methoxy groups -OCH3 is 1. The third-order valence-corrected chi connectivity index (χ3v) is 6.03. The Kier molecular flexibility index (Phi) is 10.4. The van der Waals surface area contributed by atoms with Gasteiger partial charge < -0.3 is 24.4 Å². The largest absolute Gasteiger partial charge is 0.382 e. The van der Waals surface area contributed by atoms with Gasteiger partial charge in [0, 0.05) is 32.4 Å². The van der Waals surface area contributed by atoms with Crippen LogP contribution in [0.3, 0.4) is 0 Å². The number of carbonyl (C=O) groups excluding carboxylic acids is 1. The first-order chi connectivity index (χ1) is 16.6. The summed E-state index contributed by atoms with van der Waals surface area (Å²) in [6.45, 7) is 6.71. The van der Waals surface area contributed by atoms with Crippen molar-refractivity contribution in [3.63, 3.8) is 0 Å². The van der Waals surface area contributed by atoms with Gasteiger partial charge in [0.25, 0.3) is 5.91 Å². The van der Waals surface area contributed by atoms with Gasteiger partial charge in [-0.15, -0.1) is 0 Å². The maximum atomic E-state index is 12.6. The van der Waals surface area contributed by atoms with Crippen LogP contribution in [0.4, 0.5) is 5.69 Å². The van der Waals surface area contributed by atoms with Crippen molar-refractivity contribution in [3.05, 3.63) is 47.5 Å². The van der Waals surface area contributed by atoms with Gasteiger partial charge in [0.15, 0.2) is 0 Å². The molecule has 0 spiro atoms. The topological polar surface area (TPSA) is 83.8 Å². The number of amides is 1. The number of fused-ring (bicyclic) bond motifs is 1. The number of rotatable bonds is 12. The Labute approximate surface area is 202 Å². The highest BCUT2D eigenvalue weighted by Crippen LogP contribution is 2.28. The zero-order valence-corrected chi connectivity index (χ0v) is 20.3. The Bertz CT molecular complexity index is 1020. The van der Waals surface area contributed by atoms with Crippen molar-refractivity contribution in [2.24, 2.45) is 0 Å². The number of nitrogens with zero attached hydrogens (tertiary/aromatic N) is 2. The molecule has 1 aliphatic rings. The molecule has 0 unspecified atom stereocenters. The molecule has 0 atom stereocenters. The standard InChI is InChI=1S/C27H35N3O4/c1-21(26(20-28)27(31)29-10-13-33-16-17-34-15-14-32-2)22-6-7-24-19-25(9-8-23(24)18-22)30-11-4-3-5-12-30/h6-9,18-19H,3-5,10-17H2,1-2H3,(H,29,31). The highest BCUT2D eigenvalue weighted by Gasteiger charge is 2.15. The third kappa shape index (κ3) is 7.29. The third-order valence-electron chi connectivity index (χ3n) is 6.03. The van der Waals surface area contributed by atoms with Crippen molar-refractivity contribution in [1.29, 1.82) is 5.26 Å². The highest BCUT2D eigenvalue weighted by molar-refractivity contribution is 6.05. The second-order valence-corrected chi connectivity index (χ2v) is 8.38. The fraction of sp³-hybridized carbons (Fsp3) is 0.481. The molecule has 0 aliphatic carbocycles. The van der Waals surface area contributed by atoms with Crippen LogP contribution in [0.2, 0.25) is 0 Å². The smallest absolute Gasteiger partial charge is 0.262 e. The molecule has 1 amide bonds. The Morgan fingerprint density at radius 1 is 0.971 bits per heavy atom. The van der Waals surface area contributed by atoms with Gasteiger partial charge in [-0.25, -0.2) is 0 Å². The number of nitrogens with one attached hydrogen (secondary N) is 1. The quantitative estimate of drug-likeness (QED) is 0.291. The molecule has 2 aromatic carbocycles. The van der Waals surface area contributed by atoms with Crippen LogP contribution < -0.4 is 10.2 Å². The maximum absolute atomic E-state index is 12.6. The molecule has 7 nitrogen and oxygen atoms in total. The first-order valence-electron chi connectivity index (χ1n) is 12.0. The Morgan fingerprint density at radius 3 is 2.38 bits per heavy atom. The first kappa shape index (κ1) is 25.7. The molecule has 0 aromatic heterocycles. The zero-order valence-electron chi connectivity index (χ0n) is 20.3. The van der Waals surface area contributed by atoms with Crippen molar-refractivity contribution in [2.75, 3.05) is 64.7 Å². The summed E-state index contributed by atoms with van der Waals surface area (Å²) in [5.41, 5.74) is 2.91. The van der Waals surface area contributed by atoms with Crippen LogP contribution in [0, 0.1) is 11.3 Å². The molecule has 1 aliphatic heterocycles. The van der Waals surface area contributed by atoms with E-state index in [0.717, 1.165) is 29.4 Å². The summed E-state index contributed by atoms with van der Waals surface area (Å²) in [6.07, 6.45) is 3.80. The predicted molar refractivity (Wildman–Crippen MR) is 135 cm³/mol. The van der Waals surface area contributed by atoms with E-state index >= 15 is 0 Å². The summed E-state index contributed by atoms with van der Waals surface area (Å²) in [6, 6.07) is 14.7. The fourth-order valence-corrected chi connectivity index (χ4v) is 4.05. The van der Waals surface area contributed by atoms with E-state index in [1.54, 1.807) is 7.11 Å². The van der Waals surface area contributed by atoms with Crippen molar-refractivity contribution >= 4 is 27.9 Å². The molecule has 0 radical (unpaired) electrons. The van der Waals surface area contributed by atoms with Crippen LogP contribution in [0.15, 0.2) is 42.0 Å². The lowest BCUT2D eigenvalue weighted by atomic mass is 9.98. The number of nitriles is 1. The second kappa shape index (κ2) is 13.7. The summed E-state index contributed by atoms with van der Waals surface area (Å²) in [5.74, 6) is -0.388. The molecule has 0 saturated carbocycles. The van der Waals surface area contributed by atoms with E-state index < -0.39 is 0 Å². The predicted octanol–water partition coefficient (Wildman–Crippen LogP) is 3.92. The number of hydrogen-bond acceptors (Lipinski definition) is 6. The highest BCUT2D eigenvalue weighted by atomic mass is 16.5. The van der Waals surface area contributed by atoms with E-state index in [1.165, 1.54) is 24.9 Å². The second-order valence-electron chi connectivity index (χ2n) is 8.38. The Hall–Kier alpha value is -2.92. The molecular formula is C27H35N3O4. The molecule has 0 bridgehead atoms. The van der Waals surface area contributed by atoms with Crippen molar-refractivity contribution in [2.45, 2.75) is 26.2 Å². The molecule has 3 rings (SSSR count). The van der Waals surface area contributed by atoms with E-state index in [-0.39, 0.29) is 11.5 Å². The molecule has 2 aromatic rings. The van der Waals surface area contributed by atoms with E-state index in [0.29, 0.717) is 45.2 Å². The number of piperidine rings is 1. The lowest BCUT2D eigenvalue weighted by molar-refractivity contribution is -0.117. The van der Waals surface area contributed by atoms with E-state index in [2.05, 4.69) is 40.6 Å². The lowest BCUT2D eigenvalue weighted by Crippen LogP contribution is -2.29. The molecule has 1 N–H and O–H groups in total. The van der Waals surface area contributed by atoms with Crippen LogP contribution in [0.5, 0.6) is 0 Å². The number of hydrogen-bond donors (Lipinski definition) is 1. The lowest BCUT2D eigenvalue weighted by Gasteiger charge is -2.29. The summed E-state index contributed by atoms with van der Waals surface area (Å²) in [4.78, 5) is 15.0. The summed E-state index contributed by atoms with van der Waals surface area (Å²) >= 11 is 0. The fourth-order valence-electron chi connectivity index (χ4n) is 4.05. The van der Waals surface area contributed by atoms with Crippen molar-refractivity contribution in [3.8, 4) is 6.07 Å². The molecule has 34 heavy (non-hydrogen) atoms. The SMILES string of the molecule is COCCOCCOCCNC(=O)C(C#N)=C(C)c1ccc2cc(N3CCCCC3)ccc2c1. The molecule has 1 fully saturated rings. The summed E-state index contributed by atoms with van der Waals surface area (Å²) in [5, 5.41) is 14.7. The van der Waals surface area contributed by atoms with Gasteiger partial charge in [-0.1, -0.05) is 18.2 Å². The van der Waals surface area contributed by atoms with Gasteiger partial charge in [0.2, 0.25) is 0 Å². The normalized spacial score (nSPS) is 14.6. The van der Waals surface area contributed by atoms with Gasteiger partial charge in [-0.05, 0) is 66.3 Å². The maximum Gasteiger partial charge on any atom is 0.262 e. The monoisotopic (exact) mass is 465 g/mol. The molecule has 1 saturated heterocycles. The molecule has 182 valence electrons. The number of anilines is 1. The number of carbonyl (C=O) groups is 1. The summed E-state index contributed by atoms with van der Waals surface area (Å²) < 4.78 is 15.7. The molecular weight excluding hydrogens is 430 g/mol.